The standard InChI is InChI=1S/C3H5ClO2.CH2O3.Na.H2O4S/c1-2-6-3(4)5;2-1(3)4;;1-5(2,3)4/h2H2,1H3;(H2,2,3,4);;(H2,1,2,3,4)/q;;+1;/p-1. The monoisotopic (exact) mass is 290 g/mol. The molecular formula is C4H8ClNaO9S. The normalized spacial score (nSPS) is 8.00. The third-order valence-corrected chi connectivity index (χ3v) is 0.367. The fraction of sp³-hybridized carbons (Fsp3) is 0.500. The Morgan fingerprint density at radius 3 is 1.56 bits per heavy atom. The number of halogens is 1. The molecule has 9 nitrogen and oxygen atoms in total. The number of hydrogen-bond donors (Lipinski definition) is 3. The third-order valence-electron chi connectivity index (χ3n) is 0.258. The fourth-order valence-electron chi connectivity index (χ4n) is 0.113. The van der Waals surface area contributed by atoms with Gasteiger partial charge in [0.05, 0.1) is 6.61 Å². The van der Waals surface area contributed by atoms with Crippen molar-refractivity contribution in [1.29, 1.82) is 0 Å². The molecule has 0 aliphatic rings. The van der Waals surface area contributed by atoms with Gasteiger partial charge in [0.2, 0.25) is 6.16 Å². The summed E-state index contributed by atoms with van der Waals surface area (Å²) in [5.74, 6) is 0. The van der Waals surface area contributed by atoms with E-state index in [4.69, 9.17) is 44.1 Å². The number of carbonyl (C=O) groups is 2. The minimum Gasteiger partial charge on any atom is -0.565 e. The second-order valence-corrected chi connectivity index (χ2v) is 2.59. The predicted molar refractivity (Wildman–Crippen MR) is 45.1 cm³/mol. The second-order valence-electron chi connectivity index (χ2n) is 1.38. The van der Waals surface area contributed by atoms with E-state index in [9.17, 15) is 4.79 Å². The molecule has 0 saturated carbocycles. The van der Waals surface area contributed by atoms with Crippen LogP contribution in [-0.2, 0) is 15.1 Å². The Morgan fingerprint density at radius 2 is 1.56 bits per heavy atom. The first-order valence-electron chi connectivity index (χ1n) is 2.92. The van der Waals surface area contributed by atoms with Gasteiger partial charge in [-0.3, -0.25) is 9.11 Å². The van der Waals surface area contributed by atoms with Crippen molar-refractivity contribution < 1.29 is 71.6 Å². The van der Waals surface area contributed by atoms with Crippen LogP contribution in [0.5, 0.6) is 0 Å². The first-order valence-corrected chi connectivity index (χ1v) is 4.70. The maximum absolute atomic E-state index is 9.59. The SMILES string of the molecule is CCOC(=O)Cl.O=C([O-])O.O=S(=O)(O)O.[Na+]. The van der Waals surface area contributed by atoms with Gasteiger partial charge in [-0.1, -0.05) is 0 Å². The molecular weight excluding hydrogens is 283 g/mol. The summed E-state index contributed by atoms with van der Waals surface area (Å²) in [5, 5.41) is 15.3. The van der Waals surface area contributed by atoms with Crippen LogP contribution in [0.1, 0.15) is 6.92 Å². The molecule has 0 amide bonds. The zero-order valence-electron chi connectivity index (χ0n) is 8.28. The summed E-state index contributed by atoms with van der Waals surface area (Å²) < 4.78 is 35.8. The molecule has 0 aromatic rings. The quantitative estimate of drug-likeness (QED) is 0.254. The second kappa shape index (κ2) is 14.9. The van der Waals surface area contributed by atoms with E-state index in [1.54, 1.807) is 6.92 Å². The van der Waals surface area contributed by atoms with Gasteiger partial charge in [0.1, 0.15) is 0 Å². The topological polar surface area (TPSA) is 161 Å². The van der Waals surface area contributed by atoms with Gasteiger partial charge >= 0.3 is 45.4 Å². The summed E-state index contributed by atoms with van der Waals surface area (Å²) >= 11 is 4.72. The molecule has 0 radical (unpaired) electrons. The van der Waals surface area contributed by atoms with Crippen LogP contribution >= 0.6 is 11.6 Å². The molecule has 0 aromatic heterocycles. The molecule has 0 rings (SSSR count). The molecule has 0 aliphatic heterocycles. The molecule has 16 heavy (non-hydrogen) atoms. The van der Waals surface area contributed by atoms with Gasteiger partial charge in [0.25, 0.3) is 0 Å². The van der Waals surface area contributed by atoms with Crippen molar-refractivity contribution in [2.75, 3.05) is 6.61 Å². The summed E-state index contributed by atoms with van der Waals surface area (Å²) in [6, 6.07) is 0. The van der Waals surface area contributed by atoms with E-state index in [-0.39, 0.29) is 29.6 Å². The van der Waals surface area contributed by atoms with Crippen molar-refractivity contribution in [1.82, 2.24) is 0 Å². The van der Waals surface area contributed by atoms with Crippen LogP contribution in [0.15, 0.2) is 0 Å². The van der Waals surface area contributed by atoms with E-state index in [1.807, 2.05) is 0 Å². The van der Waals surface area contributed by atoms with Gasteiger partial charge in [-0.25, -0.2) is 4.79 Å². The van der Waals surface area contributed by atoms with Crippen molar-refractivity contribution in [2.45, 2.75) is 6.92 Å². The molecule has 0 aliphatic carbocycles. The Morgan fingerprint density at radius 1 is 1.38 bits per heavy atom. The Balaban J connectivity index is -0.0000000668. The van der Waals surface area contributed by atoms with Gasteiger partial charge in [-0.05, 0) is 6.92 Å². The maximum atomic E-state index is 9.59. The fourth-order valence-corrected chi connectivity index (χ4v) is 0.223. The van der Waals surface area contributed by atoms with E-state index >= 15 is 0 Å². The largest absolute Gasteiger partial charge is 1.00 e. The molecule has 0 spiro atoms. The smallest absolute Gasteiger partial charge is 0.565 e. The molecule has 0 fully saturated rings. The van der Waals surface area contributed by atoms with E-state index < -0.39 is 22.0 Å². The average molecular weight is 291 g/mol. The molecule has 0 aromatic carbocycles. The van der Waals surface area contributed by atoms with Crippen molar-refractivity contribution in [3.63, 3.8) is 0 Å². The summed E-state index contributed by atoms with van der Waals surface area (Å²) in [5.41, 5.74) is -0.738. The molecule has 12 heteroatoms. The predicted octanol–water partition coefficient (Wildman–Crippen LogP) is -3.38. The number of carboxylic acid groups (broad SMARTS) is 2. The molecule has 3 N–H and O–H groups in total. The summed E-state index contributed by atoms with van der Waals surface area (Å²) in [4.78, 5) is 18.0. The molecule has 92 valence electrons. The van der Waals surface area contributed by atoms with Gasteiger partial charge in [-0.15, -0.1) is 0 Å². The Bertz CT molecular complexity index is 263. The zero-order valence-corrected chi connectivity index (χ0v) is 11.9. The first kappa shape index (κ1) is 24.9. The third kappa shape index (κ3) is 275. The van der Waals surface area contributed by atoms with Gasteiger partial charge < -0.3 is 19.7 Å². The first-order chi connectivity index (χ1) is 6.50. The van der Waals surface area contributed by atoms with E-state index in [0.717, 1.165) is 0 Å². The molecule has 0 bridgehead atoms. The number of hydrogen-bond acceptors (Lipinski definition) is 6. The van der Waals surface area contributed by atoms with Gasteiger partial charge in [-0.2, -0.15) is 8.42 Å². The number of carbonyl (C=O) groups excluding carboxylic acids is 1. The summed E-state index contributed by atoms with van der Waals surface area (Å²) in [7, 11) is -4.67. The van der Waals surface area contributed by atoms with Crippen molar-refractivity contribution in [2.24, 2.45) is 0 Å². The van der Waals surface area contributed by atoms with Crippen LogP contribution in [-0.4, -0.2) is 40.8 Å². The molecule has 0 saturated heterocycles. The Hall–Kier alpha value is -0.100. The summed E-state index contributed by atoms with van der Waals surface area (Å²) in [6.07, 6.45) is -2.08. The van der Waals surface area contributed by atoms with Crippen molar-refractivity contribution in [3.05, 3.63) is 0 Å². The minimum atomic E-state index is -4.67. The average Bonchev–Trinajstić information content (AvgIpc) is 1.79. The summed E-state index contributed by atoms with van der Waals surface area (Å²) in [6.45, 7) is 2.04. The van der Waals surface area contributed by atoms with Crippen LogP contribution in [0.4, 0.5) is 9.59 Å². The maximum Gasteiger partial charge on any atom is 1.00 e. The van der Waals surface area contributed by atoms with E-state index in [2.05, 4.69) is 4.74 Å². The van der Waals surface area contributed by atoms with Crippen molar-refractivity contribution >= 4 is 33.6 Å². The van der Waals surface area contributed by atoms with Crippen molar-refractivity contribution in [3.8, 4) is 0 Å². The molecule has 0 heterocycles. The molecule has 0 atom stereocenters. The van der Waals surface area contributed by atoms with Crippen LogP contribution in [0.3, 0.4) is 0 Å². The van der Waals surface area contributed by atoms with Crippen LogP contribution in [0.25, 0.3) is 0 Å². The van der Waals surface area contributed by atoms with Crippen LogP contribution < -0.4 is 34.7 Å². The van der Waals surface area contributed by atoms with E-state index in [1.165, 1.54) is 0 Å². The Labute approximate surface area is 118 Å². The molecule has 0 unspecified atom stereocenters. The van der Waals surface area contributed by atoms with Crippen LogP contribution in [0, 0.1) is 0 Å². The zero-order chi connectivity index (χ0) is 13.1. The number of ether oxygens (including phenoxy) is 1. The number of rotatable bonds is 1. The van der Waals surface area contributed by atoms with Crippen LogP contribution in [0.2, 0.25) is 0 Å². The van der Waals surface area contributed by atoms with Gasteiger partial charge in [0.15, 0.2) is 0 Å². The minimum absolute atomic E-state index is 0. The van der Waals surface area contributed by atoms with Gasteiger partial charge in [0, 0.05) is 11.6 Å². The van der Waals surface area contributed by atoms with E-state index in [0.29, 0.717) is 6.61 Å². The Kier molecular flexibility index (Phi) is 23.2.